The largest absolute Gasteiger partial charge is 0.393 e. The molecule has 1 heterocycles. The van der Waals surface area contributed by atoms with E-state index in [1.165, 1.54) is 13.4 Å². The fraction of sp³-hybridized carbons (Fsp3) is 0.545. The second-order valence-corrected chi connectivity index (χ2v) is 4.97. The topological polar surface area (TPSA) is 133 Å². The molecule has 2 rings (SSSR count). The average molecular weight is 302 g/mol. The van der Waals surface area contributed by atoms with Crippen molar-refractivity contribution in [2.45, 2.75) is 24.7 Å². The number of nitrogens with two attached hydrogens (primary N) is 1. The Bertz CT molecular complexity index is 515. The van der Waals surface area contributed by atoms with Crippen molar-refractivity contribution in [1.82, 2.24) is 15.3 Å². The smallest absolute Gasteiger partial charge is 0.225 e. The van der Waals surface area contributed by atoms with Gasteiger partial charge in [0.2, 0.25) is 5.91 Å². The van der Waals surface area contributed by atoms with Crippen LogP contribution in [0.2, 0.25) is 5.15 Å². The van der Waals surface area contributed by atoms with E-state index in [0.717, 1.165) is 0 Å². The monoisotopic (exact) mass is 301 g/mol. The quantitative estimate of drug-likeness (QED) is 0.451. The van der Waals surface area contributed by atoms with Crippen LogP contribution in [0.4, 0.5) is 11.5 Å². The highest BCUT2D eigenvalue weighted by molar-refractivity contribution is 6.32. The predicted molar refractivity (Wildman–Crippen MR) is 73.1 cm³/mol. The van der Waals surface area contributed by atoms with Crippen molar-refractivity contribution < 1.29 is 15.0 Å². The Balaban J connectivity index is 2.14. The molecular formula is C11H16ClN5O3. The molecule has 0 radical (unpaired) electrons. The Kier molecular flexibility index (Phi) is 4.26. The molecule has 1 saturated carbocycles. The molecule has 1 aromatic heterocycles. The van der Waals surface area contributed by atoms with Gasteiger partial charge >= 0.3 is 0 Å². The molecule has 8 nitrogen and oxygen atoms in total. The molecule has 0 spiro atoms. The van der Waals surface area contributed by atoms with Gasteiger partial charge in [0, 0.05) is 7.05 Å². The summed E-state index contributed by atoms with van der Waals surface area (Å²) in [6.07, 6.45) is -0.769. The number of nitrogens with zero attached hydrogens (tertiary/aromatic N) is 2. The molecule has 4 atom stereocenters. The SMILES string of the molecule is CNC(=O)[C@H]1C[C@@H](Nc2ncnc(Cl)c2N)[C@H](O)[C@@H]1O. The second-order valence-electron chi connectivity index (χ2n) is 4.62. The van der Waals surface area contributed by atoms with Crippen LogP contribution in [-0.4, -0.2) is 51.4 Å². The number of nitrogens with one attached hydrogen (secondary N) is 2. The van der Waals surface area contributed by atoms with Crippen LogP contribution in [0.5, 0.6) is 0 Å². The van der Waals surface area contributed by atoms with E-state index in [2.05, 4.69) is 20.6 Å². The van der Waals surface area contributed by atoms with Gasteiger partial charge in [-0.3, -0.25) is 4.79 Å². The Labute approximate surface area is 120 Å². The number of carbonyl (C=O) groups is 1. The van der Waals surface area contributed by atoms with Gasteiger partial charge in [0.05, 0.1) is 18.1 Å². The minimum Gasteiger partial charge on any atom is -0.393 e. The third-order valence-corrected chi connectivity index (χ3v) is 3.72. The normalized spacial score (nSPS) is 29.2. The maximum absolute atomic E-state index is 11.6. The number of nitrogen functional groups attached to an aromatic ring is 1. The average Bonchev–Trinajstić information content (AvgIpc) is 2.71. The number of aliphatic hydroxyl groups excluding tert-OH is 2. The first kappa shape index (κ1) is 14.8. The minimum atomic E-state index is -1.15. The van der Waals surface area contributed by atoms with E-state index in [1.807, 2.05) is 0 Å². The van der Waals surface area contributed by atoms with E-state index in [9.17, 15) is 15.0 Å². The molecule has 1 aliphatic rings. The standard InChI is InChI=1S/C11H16ClN5O3/c1-14-11(20)4-2-5(8(19)7(4)18)17-10-6(13)9(12)15-3-16-10/h3-5,7-8,18-19H,2,13H2,1H3,(H,14,20)(H,15,16,17)/t4-,5+,7+,8-/m0/s1. The lowest BCUT2D eigenvalue weighted by Gasteiger charge is -2.19. The Morgan fingerprint density at radius 2 is 2.15 bits per heavy atom. The van der Waals surface area contributed by atoms with Crippen molar-refractivity contribution in [2.24, 2.45) is 5.92 Å². The maximum atomic E-state index is 11.6. The predicted octanol–water partition coefficient (Wildman–Crippen LogP) is -1.02. The lowest BCUT2D eigenvalue weighted by Crippen LogP contribution is -2.38. The number of amides is 1. The zero-order valence-corrected chi connectivity index (χ0v) is 11.5. The van der Waals surface area contributed by atoms with E-state index >= 15 is 0 Å². The highest BCUT2D eigenvalue weighted by Crippen LogP contribution is 2.31. The summed E-state index contributed by atoms with van der Waals surface area (Å²) in [4.78, 5) is 19.3. The van der Waals surface area contributed by atoms with Crippen molar-refractivity contribution in [1.29, 1.82) is 0 Å². The third-order valence-electron chi connectivity index (χ3n) is 3.42. The van der Waals surface area contributed by atoms with E-state index in [0.29, 0.717) is 0 Å². The summed E-state index contributed by atoms with van der Waals surface area (Å²) in [6.45, 7) is 0. The maximum Gasteiger partial charge on any atom is 0.225 e. The van der Waals surface area contributed by atoms with E-state index in [-0.39, 0.29) is 29.0 Å². The van der Waals surface area contributed by atoms with Crippen LogP contribution < -0.4 is 16.4 Å². The first-order valence-electron chi connectivity index (χ1n) is 6.06. The van der Waals surface area contributed by atoms with Crippen LogP contribution in [0.25, 0.3) is 0 Å². The minimum absolute atomic E-state index is 0.0957. The van der Waals surface area contributed by atoms with Gasteiger partial charge in [0.25, 0.3) is 0 Å². The number of halogens is 1. The van der Waals surface area contributed by atoms with Crippen LogP contribution >= 0.6 is 11.6 Å². The molecule has 9 heteroatoms. The lowest BCUT2D eigenvalue weighted by molar-refractivity contribution is -0.128. The highest BCUT2D eigenvalue weighted by Gasteiger charge is 2.45. The molecule has 0 bridgehead atoms. The van der Waals surface area contributed by atoms with Crippen LogP contribution in [0, 0.1) is 5.92 Å². The molecule has 110 valence electrons. The van der Waals surface area contributed by atoms with E-state index < -0.39 is 24.2 Å². The number of hydrogen-bond donors (Lipinski definition) is 5. The van der Waals surface area contributed by atoms with Gasteiger partial charge in [0.1, 0.15) is 18.1 Å². The molecule has 0 aromatic carbocycles. The molecule has 0 saturated heterocycles. The summed E-state index contributed by atoms with van der Waals surface area (Å²) >= 11 is 5.77. The fourth-order valence-electron chi connectivity index (χ4n) is 2.28. The summed E-state index contributed by atoms with van der Waals surface area (Å²) in [5, 5.41) is 25.3. The Morgan fingerprint density at radius 3 is 2.80 bits per heavy atom. The fourth-order valence-corrected chi connectivity index (χ4v) is 2.42. The number of carbonyl (C=O) groups excluding carboxylic acids is 1. The van der Waals surface area contributed by atoms with Crippen LogP contribution in [-0.2, 0) is 4.79 Å². The van der Waals surface area contributed by atoms with Crippen LogP contribution in [0.3, 0.4) is 0 Å². The zero-order chi connectivity index (χ0) is 14.9. The summed E-state index contributed by atoms with van der Waals surface area (Å²) in [6, 6.07) is -0.555. The summed E-state index contributed by atoms with van der Waals surface area (Å²) < 4.78 is 0. The molecular weight excluding hydrogens is 286 g/mol. The van der Waals surface area contributed by atoms with Gasteiger partial charge in [-0.05, 0) is 6.42 Å². The Hall–Kier alpha value is -1.64. The van der Waals surface area contributed by atoms with Crippen LogP contribution in [0.15, 0.2) is 6.33 Å². The molecule has 0 aliphatic heterocycles. The second kappa shape index (κ2) is 5.78. The summed E-state index contributed by atoms with van der Waals surface area (Å²) in [5.74, 6) is -0.751. The van der Waals surface area contributed by atoms with E-state index in [4.69, 9.17) is 17.3 Å². The van der Waals surface area contributed by atoms with Crippen molar-refractivity contribution in [3.05, 3.63) is 11.5 Å². The molecule has 1 aromatic rings. The van der Waals surface area contributed by atoms with Gasteiger partial charge in [-0.15, -0.1) is 0 Å². The number of aromatic nitrogens is 2. The molecule has 1 amide bonds. The number of rotatable bonds is 3. The zero-order valence-electron chi connectivity index (χ0n) is 10.7. The third kappa shape index (κ3) is 2.62. The highest BCUT2D eigenvalue weighted by atomic mass is 35.5. The molecule has 20 heavy (non-hydrogen) atoms. The number of anilines is 2. The number of aliphatic hydroxyl groups is 2. The van der Waals surface area contributed by atoms with Gasteiger partial charge in [-0.25, -0.2) is 9.97 Å². The van der Waals surface area contributed by atoms with Crippen LogP contribution in [0.1, 0.15) is 6.42 Å². The van der Waals surface area contributed by atoms with Gasteiger partial charge in [-0.1, -0.05) is 11.6 Å². The summed E-state index contributed by atoms with van der Waals surface area (Å²) in [7, 11) is 1.48. The molecule has 0 unspecified atom stereocenters. The molecule has 6 N–H and O–H groups in total. The van der Waals surface area contributed by atoms with Gasteiger partial charge < -0.3 is 26.6 Å². The molecule has 1 fully saturated rings. The van der Waals surface area contributed by atoms with Crippen molar-refractivity contribution in [2.75, 3.05) is 18.1 Å². The van der Waals surface area contributed by atoms with Gasteiger partial charge in [0.15, 0.2) is 11.0 Å². The summed E-state index contributed by atoms with van der Waals surface area (Å²) in [5.41, 5.74) is 5.87. The first-order chi connectivity index (χ1) is 9.45. The Morgan fingerprint density at radius 1 is 1.45 bits per heavy atom. The van der Waals surface area contributed by atoms with Gasteiger partial charge in [-0.2, -0.15) is 0 Å². The van der Waals surface area contributed by atoms with Crippen molar-refractivity contribution in [3.8, 4) is 0 Å². The molecule has 1 aliphatic carbocycles. The van der Waals surface area contributed by atoms with Crippen molar-refractivity contribution in [3.63, 3.8) is 0 Å². The number of hydrogen-bond acceptors (Lipinski definition) is 7. The van der Waals surface area contributed by atoms with E-state index in [1.54, 1.807) is 0 Å². The van der Waals surface area contributed by atoms with Crippen molar-refractivity contribution >= 4 is 29.0 Å². The lowest BCUT2D eigenvalue weighted by atomic mass is 10.1. The first-order valence-corrected chi connectivity index (χ1v) is 6.43.